The normalized spacial score (nSPS) is 10.9. The third-order valence-electron chi connectivity index (χ3n) is 7.80. The third kappa shape index (κ3) is 7.92. The number of hydrogen-bond donors (Lipinski definition) is 1. The Labute approximate surface area is 287 Å². The van der Waals surface area contributed by atoms with Gasteiger partial charge in [-0.15, -0.1) is 0 Å². The van der Waals surface area contributed by atoms with Crippen LogP contribution in [0.1, 0.15) is 46.6 Å². The standard InChI is InChI=1S/C35H34Cl2N6O5/c1-38-34(46)22-10-11-23(40-19-22)12-13-25(44)14-17-31(45)42(2)28-16-15-27(36)26(32(28)37)21-48-30-9-6-8-29-33(30)41-35(47-3)43(29)20-24-7-4-5-18-39-24/h4-11,15-16,18-19H,12-14,17,20-21H2,1-3H3,(H,38,46). The van der Waals surface area contributed by atoms with Crippen molar-refractivity contribution in [1.82, 2.24) is 24.8 Å². The van der Waals surface area contributed by atoms with E-state index in [4.69, 9.17) is 32.7 Å². The number of aromatic nitrogens is 4. The second-order valence-corrected chi connectivity index (χ2v) is 11.7. The number of nitrogens with zero attached hydrogens (tertiary/aromatic N) is 5. The molecule has 3 heterocycles. The van der Waals surface area contributed by atoms with Gasteiger partial charge in [0.1, 0.15) is 23.7 Å². The molecule has 1 N–H and O–H groups in total. The minimum Gasteiger partial charge on any atom is -0.486 e. The molecule has 0 aliphatic rings. The molecule has 0 bridgehead atoms. The molecule has 0 aliphatic heterocycles. The highest BCUT2D eigenvalue weighted by Crippen LogP contribution is 2.36. The summed E-state index contributed by atoms with van der Waals surface area (Å²) < 4.78 is 13.7. The number of imidazole rings is 1. The lowest BCUT2D eigenvalue weighted by Crippen LogP contribution is -2.27. The average Bonchev–Trinajstić information content (AvgIpc) is 3.47. The first-order valence-corrected chi connectivity index (χ1v) is 15.9. The molecule has 0 saturated heterocycles. The van der Waals surface area contributed by atoms with E-state index in [9.17, 15) is 14.4 Å². The number of amides is 2. The van der Waals surface area contributed by atoms with Crippen molar-refractivity contribution in [2.24, 2.45) is 0 Å². The fraction of sp³-hybridized carbons (Fsp3) is 0.257. The molecule has 0 saturated carbocycles. The molecule has 5 rings (SSSR count). The molecule has 2 amide bonds. The van der Waals surface area contributed by atoms with Gasteiger partial charge < -0.3 is 19.7 Å². The van der Waals surface area contributed by atoms with Crippen molar-refractivity contribution in [2.45, 2.75) is 38.8 Å². The molecule has 3 aromatic heterocycles. The molecule has 0 spiro atoms. The fourth-order valence-corrected chi connectivity index (χ4v) is 5.70. The minimum absolute atomic E-state index is 0.00809. The van der Waals surface area contributed by atoms with Gasteiger partial charge in [0.05, 0.1) is 41.1 Å². The molecule has 11 nitrogen and oxygen atoms in total. The monoisotopic (exact) mass is 688 g/mol. The molecule has 2 aromatic carbocycles. The second-order valence-electron chi connectivity index (χ2n) is 10.9. The fourth-order valence-electron chi connectivity index (χ4n) is 5.10. The SMILES string of the molecule is CNC(=O)c1ccc(CCC(=O)CCC(=O)N(C)c2ccc(Cl)c(COc3cccc4c3nc(OC)n4Cc3ccccn3)c2Cl)nc1. The van der Waals surface area contributed by atoms with Gasteiger partial charge >= 0.3 is 0 Å². The molecule has 0 radical (unpaired) electrons. The number of halogens is 2. The maximum absolute atomic E-state index is 13.1. The van der Waals surface area contributed by atoms with Crippen LogP contribution >= 0.6 is 23.2 Å². The molecule has 48 heavy (non-hydrogen) atoms. The molecule has 0 unspecified atom stereocenters. The highest BCUT2D eigenvalue weighted by atomic mass is 35.5. The lowest BCUT2D eigenvalue weighted by Gasteiger charge is -2.21. The number of rotatable bonds is 14. The third-order valence-corrected chi connectivity index (χ3v) is 8.58. The molecule has 0 fully saturated rings. The van der Waals surface area contributed by atoms with Crippen LogP contribution in [0.25, 0.3) is 11.0 Å². The van der Waals surface area contributed by atoms with Crippen molar-refractivity contribution in [2.75, 3.05) is 26.1 Å². The van der Waals surface area contributed by atoms with Crippen molar-refractivity contribution in [3.8, 4) is 11.8 Å². The number of ketones is 1. The molecule has 5 aromatic rings. The van der Waals surface area contributed by atoms with E-state index in [1.54, 1.807) is 57.7 Å². The highest BCUT2D eigenvalue weighted by Gasteiger charge is 2.21. The Balaban J connectivity index is 1.22. The Hall–Kier alpha value is -5.00. The molecular formula is C35H34Cl2N6O5. The number of fused-ring (bicyclic) bond motifs is 1. The van der Waals surface area contributed by atoms with E-state index < -0.39 is 0 Å². The molecule has 248 valence electrons. The zero-order chi connectivity index (χ0) is 34.2. The van der Waals surface area contributed by atoms with E-state index in [1.165, 1.54) is 11.1 Å². The minimum atomic E-state index is -0.275. The van der Waals surface area contributed by atoms with Crippen LogP contribution in [0.3, 0.4) is 0 Å². The van der Waals surface area contributed by atoms with Crippen LogP contribution < -0.4 is 19.7 Å². The Morgan fingerprint density at radius 1 is 0.938 bits per heavy atom. The van der Waals surface area contributed by atoms with Crippen LogP contribution in [0.2, 0.25) is 10.0 Å². The predicted octanol–water partition coefficient (Wildman–Crippen LogP) is 6.07. The average molecular weight is 690 g/mol. The van der Waals surface area contributed by atoms with E-state index in [1.807, 2.05) is 34.9 Å². The number of para-hydroxylation sites is 1. The number of nitrogens with one attached hydrogen (secondary N) is 1. The van der Waals surface area contributed by atoms with Gasteiger partial charge in [0, 0.05) is 62.0 Å². The lowest BCUT2D eigenvalue weighted by atomic mass is 10.1. The maximum Gasteiger partial charge on any atom is 0.297 e. The van der Waals surface area contributed by atoms with Gasteiger partial charge in [0.15, 0.2) is 0 Å². The number of Topliss-reactive ketones (excluding diaryl/α,β-unsaturated/α-hetero) is 1. The number of methoxy groups -OCH3 is 1. The predicted molar refractivity (Wildman–Crippen MR) is 184 cm³/mol. The van der Waals surface area contributed by atoms with Crippen LogP contribution in [-0.2, 0) is 29.2 Å². The summed E-state index contributed by atoms with van der Waals surface area (Å²) in [5, 5.41) is 3.18. The van der Waals surface area contributed by atoms with Crippen molar-refractivity contribution in [3.63, 3.8) is 0 Å². The van der Waals surface area contributed by atoms with Crippen molar-refractivity contribution >= 4 is 57.5 Å². The van der Waals surface area contributed by atoms with E-state index in [-0.39, 0.29) is 48.5 Å². The smallest absolute Gasteiger partial charge is 0.297 e. The number of pyridine rings is 2. The van der Waals surface area contributed by atoms with Gasteiger partial charge in [-0.1, -0.05) is 35.3 Å². The molecular weight excluding hydrogens is 655 g/mol. The number of hydrogen-bond acceptors (Lipinski definition) is 8. The Bertz CT molecular complexity index is 1930. The summed E-state index contributed by atoms with van der Waals surface area (Å²) >= 11 is 13.3. The Morgan fingerprint density at radius 2 is 1.77 bits per heavy atom. The van der Waals surface area contributed by atoms with Crippen LogP contribution in [0.5, 0.6) is 11.8 Å². The van der Waals surface area contributed by atoms with Gasteiger partial charge in [-0.05, 0) is 55.0 Å². The van der Waals surface area contributed by atoms with E-state index in [0.717, 1.165) is 11.2 Å². The first-order valence-electron chi connectivity index (χ1n) is 15.2. The summed E-state index contributed by atoms with van der Waals surface area (Å²) in [5.41, 5.74) is 4.33. The maximum atomic E-state index is 13.1. The summed E-state index contributed by atoms with van der Waals surface area (Å²) in [6.07, 6.45) is 3.93. The molecule has 13 heteroatoms. The summed E-state index contributed by atoms with van der Waals surface area (Å²) in [5.74, 6) is -0.0717. The molecule has 0 aliphatic carbocycles. The highest BCUT2D eigenvalue weighted by molar-refractivity contribution is 6.38. The summed E-state index contributed by atoms with van der Waals surface area (Å²) in [7, 11) is 4.71. The summed E-state index contributed by atoms with van der Waals surface area (Å²) in [6, 6.07) is 18.4. The first-order chi connectivity index (χ1) is 23.2. The van der Waals surface area contributed by atoms with Crippen LogP contribution in [0.15, 0.2) is 73.1 Å². The largest absolute Gasteiger partial charge is 0.486 e. The van der Waals surface area contributed by atoms with Crippen molar-refractivity contribution in [3.05, 3.63) is 106 Å². The van der Waals surface area contributed by atoms with Gasteiger partial charge in [0.2, 0.25) is 5.91 Å². The number of ether oxygens (including phenoxy) is 2. The number of anilines is 1. The topological polar surface area (TPSA) is 129 Å². The van der Waals surface area contributed by atoms with Gasteiger partial charge in [-0.3, -0.25) is 28.9 Å². The number of carbonyl (C=O) groups is 3. The van der Waals surface area contributed by atoms with Gasteiger partial charge in [-0.2, -0.15) is 4.98 Å². The van der Waals surface area contributed by atoms with Crippen molar-refractivity contribution < 1.29 is 23.9 Å². The van der Waals surface area contributed by atoms with Crippen LogP contribution in [0.4, 0.5) is 5.69 Å². The number of aryl methyl sites for hydroxylation is 1. The van der Waals surface area contributed by atoms with Crippen LogP contribution in [-0.4, -0.2) is 58.3 Å². The van der Waals surface area contributed by atoms with Crippen molar-refractivity contribution in [1.29, 1.82) is 0 Å². The molecule has 0 atom stereocenters. The van der Waals surface area contributed by atoms with Crippen LogP contribution in [0, 0.1) is 0 Å². The van der Waals surface area contributed by atoms with E-state index in [0.29, 0.717) is 57.8 Å². The first kappa shape index (κ1) is 34.3. The van der Waals surface area contributed by atoms with E-state index in [2.05, 4.69) is 20.3 Å². The zero-order valence-electron chi connectivity index (χ0n) is 26.7. The lowest BCUT2D eigenvalue weighted by molar-refractivity contribution is -0.123. The number of benzene rings is 2. The van der Waals surface area contributed by atoms with Gasteiger partial charge in [0.25, 0.3) is 11.9 Å². The van der Waals surface area contributed by atoms with E-state index >= 15 is 0 Å². The summed E-state index contributed by atoms with van der Waals surface area (Å²) in [6.45, 7) is 0.472. The quantitative estimate of drug-likeness (QED) is 0.149. The zero-order valence-corrected chi connectivity index (χ0v) is 28.2. The number of carbonyl (C=O) groups excluding carboxylic acids is 3. The Kier molecular flexibility index (Phi) is 11.3. The van der Waals surface area contributed by atoms with Gasteiger partial charge in [-0.25, -0.2) is 0 Å². The second kappa shape index (κ2) is 15.7. The summed E-state index contributed by atoms with van der Waals surface area (Å²) in [4.78, 5) is 52.1. The Morgan fingerprint density at radius 3 is 2.48 bits per heavy atom.